The maximum absolute atomic E-state index is 2.95. The molecule has 0 aromatic rings. The van der Waals surface area contributed by atoms with Crippen LogP contribution < -0.4 is 12.4 Å². The van der Waals surface area contributed by atoms with Gasteiger partial charge in [0.25, 0.3) is 0 Å². The minimum atomic E-state index is 0. The minimum absolute atomic E-state index is 0. The van der Waals surface area contributed by atoms with Crippen molar-refractivity contribution in [3.8, 4) is 0 Å². The van der Waals surface area contributed by atoms with Crippen molar-refractivity contribution in [1.29, 1.82) is 0 Å². The Balaban J connectivity index is 0.000000810. The van der Waals surface area contributed by atoms with Gasteiger partial charge in [0.1, 0.15) is 0 Å². The van der Waals surface area contributed by atoms with E-state index < -0.39 is 0 Å². The van der Waals surface area contributed by atoms with Crippen molar-refractivity contribution in [2.45, 2.75) is 25.7 Å². The first kappa shape index (κ1) is 10.4. The maximum atomic E-state index is 2.95. The number of hydrogen-bond donors (Lipinski definition) is 0. The van der Waals surface area contributed by atoms with Gasteiger partial charge in [-0.2, -0.15) is 0 Å². The van der Waals surface area contributed by atoms with Gasteiger partial charge in [0.2, 0.25) is 0 Å². The summed E-state index contributed by atoms with van der Waals surface area (Å²) >= 11 is 2.95. The second-order valence-corrected chi connectivity index (χ2v) is 3.31. The van der Waals surface area contributed by atoms with E-state index in [0.717, 1.165) is 0 Å². The van der Waals surface area contributed by atoms with Crippen LogP contribution in [-0.2, 0) is 18.3 Å². The average Bonchev–Trinajstić information content (AvgIpc) is 1.79. The molecule has 0 amide bonds. The summed E-state index contributed by atoms with van der Waals surface area (Å²) in [6, 6.07) is 0. The summed E-state index contributed by atoms with van der Waals surface area (Å²) in [5.74, 6) is 0. The van der Waals surface area contributed by atoms with E-state index in [9.17, 15) is 0 Å². The molecule has 0 aliphatic heterocycles. The zero-order chi connectivity index (χ0) is 6.53. The zero-order valence-corrected chi connectivity index (χ0v) is 8.17. The molecule has 0 spiro atoms. The predicted molar refractivity (Wildman–Crippen MR) is 35.7 cm³/mol. The van der Waals surface area contributed by atoms with Crippen LogP contribution in [0.2, 0.25) is 0 Å². The second kappa shape index (κ2) is 6.13. The SMILES string of the molecule is [Cl-].[Rh+]/[C]1=C/C=C\CCCC1. The quantitative estimate of drug-likeness (QED) is 0.507. The average molecular weight is 246 g/mol. The summed E-state index contributed by atoms with van der Waals surface area (Å²) in [4.78, 5) is 0. The van der Waals surface area contributed by atoms with Gasteiger partial charge < -0.3 is 12.4 Å². The van der Waals surface area contributed by atoms with Crippen LogP contribution in [0.4, 0.5) is 0 Å². The summed E-state index contributed by atoms with van der Waals surface area (Å²) < 4.78 is 1.41. The Morgan fingerprint density at radius 1 is 1.30 bits per heavy atom. The fourth-order valence-corrected chi connectivity index (χ4v) is 1.34. The molecule has 0 unspecified atom stereocenters. The van der Waals surface area contributed by atoms with Crippen molar-refractivity contribution in [3.63, 3.8) is 0 Å². The second-order valence-electron chi connectivity index (χ2n) is 2.26. The molecule has 0 saturated carbocycles. The zero-order valence-electron chi connectivity index (χ0n) is 5.77. The van der Waals surface area contributed by atoms with Gasteiger partial charge in [-0.3, -0.25) is 0 Å². The Morgan fingerprint density at radius 3 is 2.90 bits per heavy atom. The van der Waals surface area contributed by atoms with Crippen molar-refractivity contribution in [1.82, 2.24) is 0 Å². The molecule has 0 bridgehead atoms. The van der Waals surface area contributed by atoms with E-state index in [1.807, 2.05) is 0 Å². The van der Waals surface area contributed by atoms with Gasteiger partial charge >= 0.3 is 66.4 Å². The van der Waals surface area contributed by atoms with Crippen molar-refractivity contribution >= 4 is 0 Å². The van der Waals surface area contributed by atoms with E-state index in [2.05, 4.69) is 36.5 Å². The molecule has 0 heterocycles. The molecular weight excluding hydrogens is 234 g/mol. The third-order valence-electron chi connectivity index (χ3n) is 1.43. The summed E-state index contributed by atoms with van der Waals surface area (Å²) in [6.07, 6.45) is 11.7. The molecule has 2 heteroatoms. The van der Waals surface area contributed by atoms with Crippen LogP contribution in [0.15, 0.2) is 22.4 Å². The molecular formula is C8H11ClRh. The fourth-order valence-electron chi connectivity index (χ4n) is 0.896. The number of hydrogen-bond acceptors (Lipinski definition) is 0. The molecule has 0 saturated heterocycles. The first-order chi connectivity index (χ1) is 4.39. The summed E-state index contributed by atoms with van der Waals surface area (Å²) in [7, 11) is 0. The van der Waals surface area contributed by atoms with E-state index in [-0.39, 0.29) is 12.4 Å². The molecule has 0 fully saturated rings. The first-order valence-corrected chi connectivity index (χ1v) is 4.20. The Hall–Kier alpha value is 0.393. The molecule has 0 aromatic carbocycles. The molecule has 0 atom stereocenters. The normalized spacial score (nSPS) is 26.7. The van der Waals surface area contributed by atoms with E-state index in [1.54, 1.807) is 0 Å². The van der Waals surface area contributed by atoms with Crippen LogP contribution >= 0.6 is 0 Å². The number of halogens is 1. The standard InChI is InChI=1S/C8H11.ClH.Rh/c1-2-4-6-8-7-5-3-1;;/h1-3H,4,6-8H2;1H;/q;;+1/p-1/b2-1-,5-3?;;. The molecule has 0 nitrogen and oxygen atoms in total. The summed E-state index contributed by atoms with van der Waals surface area (Å²) in [5, 5.41) is 0. The Labute approximate surface area is 78.9 Å². The first-order valence-electron chi connectivity index (χ1n) is 3.38. The van der Waals surface area contributed by atoms with Crippen molar-refractivity contribution < 1.29 is 30.7 Å². The van der Waals surface area contributed by atoms with Crippen LogP contribution in [-0.4, -0.2) is 0 Å². The van der Waals surface area contributed by atoms with Crippen LogP contribution in [0.1, 0.15) is 25.7 Å². The van der Waals surface area contributed by atoms with Crippen LogP contribution in [0.5, 0.6) is 0 Å². The van der Waals surface area contributed by atoms with Gasteiger partial charge in [0.15, 0.2) is 0 Å². The van der Waals surface area contributed by atoms with Gasteiger partial charge in [0, 0.05) is 0 Å². The Bertz CT molecular complexity index is 138. The van der Waals surface area contributed by atoms with Crippen molar-refractivity contribution in [2.24, 2.45) is 0 Å². The molecule has 1 aliphatic carbocycles. The molecule has 10 heavy (non-hydrogen) atoms. The predicted octanol–water partition coefficient (Wildman–Crippen LogP) is -0.449. The number of allylic oxidation sites excluding steroid dienone is 4. The third-order valence-corrected chi connectivity index (χ3v) is 2.11. The van der Waals surface area contributed by atoms with Gasteiger partial charge in [-0.05, 0) is 0 Å². The summed E-state index contributed by atoms with van der Waals surface area (Å²) in [6.45, 7) is 0. The van der Waals surface area contributed by atoms with E-state index >= 15 is 0 Å². The Kier molecular flexibility index (Phi) is 6.37. The van der Waals surface area contributed by atoms with Crippen LogP contribution in [0, 0.1) is 0 Å². The molecule has 0 N–H and O–H groups in total. The number of rotatable bonds is 0. The van der Waals surface area contributed by atoms with E-state index in [0.29, 0.717) is 0 Å². The van der Waals surface area contributed by atoms with E-state index in [4.69, 9.17) is 0 Å². The van der Waals surface area contributed by atoms with Gasteiger partial charge in [-0.25, -0.2) is 0 Å². The fraction of sp³-hybridized carbons (Fsp3) is 0.500. The molecule has 59 valence electrons. The topological polar surface area (TPSA) is 0 Å². The molecule has 0 radical (unpaired) electrons. The molecule has 1 aliphatic rings. The molecule has 0 aromatic heterocycles. The Morgan fingerprint density at radius 2 is 2.10 bits per heavy atom. The molecule has 1 rings (SSSR count). The van der Waals surface area contributed by atoms with Gasteiger partial charge in [-0.1, -0.05) is 0 Å². The van der Waals surface area contributed by atoms with Gasteiger partial charge in [-0.15, -0.1) is 0 Å². The van der Waals surface area contributed by atoms with Crippen LogP contribution in [0.25, 0.3) is 0 Å². The van der Waals surface area contributed by atoms with Crippen molar-refractivity contribution in [2.75, 3.05) is 0 Å². The van der Waals surface area contributed by atoms with Crippen LogP contribution in [0.3, 0.4) is 0 Å². The monoisotopic (exact) mass is 245 g/mol. The summed E-state index contributed by atoms with van der Waals surface area (Å²) in [5.41, 5.74) is 0. The third kappa shape index (κ3) is 4.25. The van der Waals surface area contributed by atoms with Gasteiger partial charge in [0.05, 0.1) is 0 Å². The van der Waals surface area contributed by atoms with Crippen molar-refractivity contribution in [3.05, 3.63) is 22.4 Å². The van der Waals surface area contributed by atoms with E-state index in [1.165, 1.54) is 29.9 Å².